The van der Waals surface area contributed by atoms with Gasteiger partial charge in [-0.25, -0.2) is 0 Å². The molecule has 1 fully saturated rings. The molecule has 1 aromatic heterocycles. The molecule has 1 amide bonds. The number of hydrogen-bond donors (Lipinski definition) is 2. The molecule has 1 aliphatic rings. The zero-order valence-electron chi connectivity index (χ0n) is 11.8. The highest BCUT2D eigenvalue weighted by Crippen LogP contribution is 2.34. The van der Waals surface area contributed by atoms with Crippen LogP contribution in [0.5, 0.6) is 0 Å². The molecular weight excluding hydrogens is 260 g/mol. The number of nitrogens with one attached hydrogen (secondary N) is 1. The highest BCUT2D eigenvalue weighted by Gasteiger charge is 2.36. The van der Waals surface area contributed by atoms with Crippen LogP contribution in [-0.4, -0.2) is 64.7 Å². The Morgan fingerprint density at radius 1 is 1.65 bits per heavy atom. The van der Waals surface area contributed by atoms with Gasteiger partial charge in [0.2, 0.25) is 0 Å². The third kappa shape index (κ3) is 3.34. The molecule has 0 aromatic carbocycles. The van der Waals surface area contributed by atoms with E-state index in [1.54, 1.807) is 12.0 Å². The molecule has 7 heteroatoms. The summed E-state index contributed by atoms with van der Waals surface area (Å²) in [6.45, 7) is 2.05. The van der Waals surface area contributed by atoms with E-state index in [1.165, 1.54) is 6.20 Å². The number of aromatic amines is 1. The Kier molecular flexibility index (Phi) is 5.08. The van der Waals surface area contributed by atoms with Gasteiger partial charge in [-0.05, 0) is 25.7 Å². The van der Waals surface area contributed by atoms with Crippen molar-refractivity contribution in [2.45, 2.75) is 25.7 Å². The third-order valence-electron chi connectivity index (χ3n) is 3.97. The molecule has 1 aromatic rings. The Bertz CT molecular complexity index is 423. The smallest absolute Gasteiger partial charge is 0.276 e. The fraction of sp³-hybridized carbons (Fsp3) is 0.769. The van der Waals surface area contributed by atoms with Gasteiger partial charge in [-0.1, -0.05) is 0 Å². The van der Waals surface area contributed by atoms with E-state index >= 15 is 0 Å². The quantitative estimate of drug-likeness (QED) is 0.739. The molecule has 0 radical (unpaired) electrons. The predicted molar refractivity (Wildman–Crippen MR) is 72.1 cm³/mol. The number of piperidine rings is 1. The van der Waals surface area contributed by atoms with Crippen LogP contribution >= 0.6 is 0 Å². The second-order valence-corrected chi connectivity index (χ2v) is 5.44. The molecule has 2 heterocycles. The van der Waals surface area contributed by atoms with Gasteiger partial charge in [-0.2, -0.15) is 15.4 Å². The van der Waals surface area contributed by atoms with Crippen LogP contribution in [0.4, 0.5) is 0 Å². The summed E-state index contributed by atoms with van der Waals surface area (Å²) < 4.78 is 5.07. The number of hydrogen-bond acceptors (Lipinski definition) is 5. The van der Waals surface area contributed by atoms with E-state index in [-0.39, 0.29) is 17.9 Å². The van der Waals surface area contributed by atoms with Crippen molar-refractivity contribution in [3.8, 4) is 0 Å². The van der Waals surface area contributed by atoms with Crippen LogP contribution in [0.15, 0.2) is 6.20 Å². The average Bonchev–Trinajstić information content (AvgIpc) is 3.01. The number of H-pyrrole nitrogens is 1. The van der Waals surface area contributed by atoms with Gasteiger partial charge >= 0.3 is 0 Å². The van der Waals surface area contributed by atoms with E-state index in [2.05, 4.69) is 15.4 Å². The summed E-state index contributed by atoms with van der Waals surface area (Å²) in [5.41, 5.74) is 0.117. The summed E-state index contributed by atoms with van der Waals surface area (Å²) in [7, 11) is 1.67. The molecule has 1 aliphatic heterocycles. The molecule has 0 saturated carbocycles. The summed E-state index contributed by atoms with van der Waals surface area (Å²) in [4.78, 5) is 14.1. The molecule has 0 bridgehead atoms. The predicted octanol–water partition coefficient (Wildman–Crippen LogP) is 0.446. The Balaban J connectivity index is 2.00. The number of ether oxygens (including phenoxy) is 1. The highest BCUT2D eigenvalue weighted by molar-refractivity contribution is 5.91. The zero-order valence-corrected chi connectivity index (χ0v) is 11.8. The van der Waals surface area contributed by atoms with Crippen LogP contribution in [-0.2, 0) is 4.74 Å². The minimum absolute atomic E-state index is 0.0965. The molecular formula is C13H22N4O3. The lowest BCUT2D eigenvalue weighted by Crippen LogP contribution is -2.48. The van der Waals surface area contributed by atoms with E-state index in [9.17, 15) is 9.90 Å². The summed E-state index contributed by atoms with van der Waals surface area (Å²) in [5.74, 6) is -0.122. The topological polar surface area (TPSA) is 91.3 Å². The molecule has 0 spiro atoms. The van der Waals surface area contributed by atoms with Crippen molar-refractivity contribution in [2.24, 2.45) is 5.41 Å². The zero-order chi connectivity index (χ0) is 14.4. The third-order valence-corrected chi connectivity index (χ3v) is 3.97. The Morgan fingerprint density at radius 2 is 2.50 bits per heavy atom. The molecule has 0 aliphatic carbocycles. The fourth-order valence-electron chi connectivity index (χ4n) is 2.85. The van der Waals surface area contributed by atoms with Gasteiger partial charge in [0.15, 0.2) is 5.69 Å². The van der Waals surface area contributed by atoms with Crippen LogP contribution < -0.4 is 0 Å². The highest BCUT2D eigenvalue weighted by atomic mass is 16.5. The number of likely N-dealkylation sites (tertiary alicyclic amines) is 1. The minimum atomic E-state index is -0.212. The number of nitrogens with zero attached hydrogens (tertiary/aromatic N) is 3. The summed E-state index contributed by atoms with van der Waals surface area (Å²) >= 11 is 0. The first kappa shape index (κ1) is 14.9. The van der Waals surface area contributed by atoms with Crippen molar-refractivity contribution in [3.05, 3.63) is 11.9 Å². The Hall–Kier alpha value is -1.47. The van der Waals surface area contributed by atoms with Crippen molar-refractivity contribution >= 4 is 5.91 Å². The molecule has 0 unspecified atom stereocenters. The number of methoxy groups -OCH3 is 1. The lowest BCUT2D eigenvalue weighted by atomic mass is 9.77. The van der Waals surface area contributed by atoms with Crippen LogP contribution in [0, 0.1) is 5.41 Å². The van der Waals surface area contributed by atoms with Gasteiger partial charge in [-0.3, -0.25) is 4.79 Å². The average molecular weight is 282 g/mol. The van der Waals surface area contributed by atoms with Gasteiger partial charge in [-0.15, -0.1) is 0 Å². The maximum atomic E-state index is 12.3. The van der Waals surface area contributed by atoms with Gasteiger partial charge < -0.3 is 14.7 Å². The number of aromatic nitrogens is 3. The van der Waals surface area contributed by atoms with Gasteiger partial charge in [0, 0.05) is 32.2 Å². The summed E-state index contributed by atoms with van der Waals surface area (Å²) in [6, 6.07) is 0. The second-order valence-electron chi connectivity index (χ2n) is 5.44. The van der Waals surface area contributed by atoms with Gasteiger partial charge in [0.05, 0.1) is 12.8 Å². The summed E-state index contributed by atoms with van der Waals surface area (Å²) in [6.07, 6.45) is 5.03. The minimum Gasteiger partial charge on any atom is -0.396 e. The molecule has 2 N–H and O–H groups in total. The number of rotatable bonds is 6. The molecule has 112 valence electrons. The van der Waals surface area contributed by atoms with Gasteiger partial charge in [0.25, 0.3) is 5.91 Å². The maximum absolute atomic E-state index is 12.3. The van der Waals surface area contributed by atoms with Crippen molar-refractivity contribution in [2.75, 3.05) is 33.4 Å². The standard InChI is InChI=1S/C13H22N4O3/c1-20-7-3-5-13(10-18)4-2-6-17(9-13)12(19)11-8-14-16-15-11/h8,18H,2-7,9-10H2,1H3,(H,14,15,16)/t13-/m1/s1. The van der Waals surface area contributed by atoms with Crippen LogP contribution in [0.25, 0.3) is 0 Å². The number of aliphatic hydroxyl groups excluding tert-OH is 1. The second kappa shape index (κ2) is 6.81. The van der Waals surface area contributed by atoms with E-state index in [0.29, 0.717) is 25.4 Å². The first-order valence-corrected chi connectivity index (χ1v) is 6.96. The number of amides is 1. The molecule has 1 saturated heterocycles. The first-order valence-electron chi connectivity index (χ1n) is 6.96. The van der Waals surface area contributed by atoms with E-state index in [4.69, 9.17) is 4.74 Å². The lowest BCUT2D eigenvalue weighted by Gasteiger charge is -2.41. The van der Waals surface area contributed by atoms with E-state index in [0.717, 1.165) is 25.7 Å². The largest absolute Gasteiger partial charge is 0.396 e. The van der Waals surface area contributed by atoms with Crippen LogP contribution in [0.2, 0.25) is 0 Å². The maximum Gasteiger partial charge on any atom is 0.276 e. The number of carbonyl (C=O) groups is 1. The van der Waals surface area contributed by atoms with Crippen molar-refractivity contribution in [1.29, 1.82) is 0 Å². The first-order chi connectivity index (χ1) is 9.71. The van der Waals surface area contributed by atoms with Crippen LogP contribution in [0.3, 0.4) is 0 Å². The molecule has 7 nitrogen and oxygen atoms in total. The van der Waals surface area contributed by atoms with E-state index in [1.807, 2.05) is 0 Å². The monoisotopic (exact) mass is 282 g/mol. The molecule has 20 heavy (non-hydrogen) atoms. The SMILES string of the molecule is COCCC[C@]1(CO)CCCN(C(=O)c2cn[nH]n2)C1. The van der Waals surface area contributed by atoms with Crippen molar-refractivity contribution in [3.63, 3.8) is 0 Å². The normalized spacial score (nSPS) is 23.0. The van der Waals surface area contributed by atoms with E-state index < -0.39 is 0 Å². The number of carbonyl (C=O) groups excluding carboxylic acids is 1. The summed E-state index contributed by atoms with van der Waals surface area (Å²) in [5, 5.41) is 19.7. The lowest BCUT2D eigenvalue weighted by molar-refractivity contribution is 0.0177. The number of aliphatic hydroxyl groups is 1. The van der Waals surface area contributed by atoms with Crippen molar-refractivity contribution in [1.82, 2.24) is 20.3 Å². The Morgan fingerprint density at radius 3 is 3.15 bits per heavy atom. The Labute approximate surface area is 118 Å². The van der Waals surface area contributed by atoms with Crippen molar-refractivity contribution < 1.29 is 14.6 Å². The van der Waals surface area contributed by atoms with Gasteiger partial charge in [0.1, 0.15) is 0 Å². The molecule has 1 atom stereocenters. The fourth-order valence-corrected chi connectivity index (χ4v) is 2.85. The van der Waals surface area contributed by atoms with Crippen LogP contribution in [0.1, 0.15) is 36.2 Å². The molecule has 2 rings (SSSR count).